The number of hydrogen-bond donors (Lipinski definition) is 6. The van der Waals surface area contributed by atoms with Gasteiger partial charge >= 0.3 is 7.82 Å². The number of aliphatic hydroxyl groups excluding tert-OH is 2. The molecule has 3 aromatic heterocycles. The van der Waals surface area contributed by atoms with Gasteiger partial charge in [-0.1, -0.05) is 0 Å². The monoisotopic (exact) mass is 459 g/mol. The molecule has 0 aromatic carbocycles. The number of aliphatic hydroxyl groups is 2. The zero-order valence-electron chi connectivity index (χ0n) is 15.2. The SMILES string of the molecule is O=c1[nH]c(NCc2ccsc2)nc2c1ncn2[C@@H]1O[C@H](COP(=O)(O)O)[C@@H](O)[C@H]1O. The van der Waals surface area contributed by atoms with E-state index in [1.54, 1.807) is 0 Å². The number of ether oxygens (including phenoxy) is 1. The number of nitrogens with one attached hydrogen (secondary N) is 2. The third kappa shape index (κ3) is 4.31. The molecule has 30 heavy (non-hydrogen) atoms. The first-order valence-corrected chi connectivity index (χ1v) is 11.1. The Kier molecular flexibility index (Phi) is 5.74. The summed E-state index contributed by atoms with van der Waals surface area (Å²) in [6.45, 7) is -0.220. The molecule has 0 unspecified atom stereocenters. The Balaban J connectivity index is 1.59. The molecule has 162 valence electrons. The number of hydrogen-bond acceptors (Lipinski definition) is 10. The topological polar surface area (TPSA) is 192 Å². The van der Waals surface area contributed by atoms with E-state index in [9.17, 15) is 19.6 Å². The number of thiophene rings is 1. The van der Waals surface area contributed by atoms with Crippen LogP contribution in [-0.4, -0.2) is 64.4 Å². The average Bonchev–Trinajstić information content (AvgIpc) is 3.40. The number of anilines is 1. The predicted molar refractivity (Wildman–Crippen MR) is 104 cm³/mol. The normalized spacial score (nSPS) is 24.5. The summed E-state index contributed by atoms with van der Waals surface area (Å²) in [5, 5.41) is 27.4. The van der Waals surface area contributed by atoms with E-state index in [4.69, 9.17) is 14.5 Å². The minimum Gasteiger partial charge on any atom is -0.387 e. The summed E-state index contributed by atoms with van der Waals surface area (Å²) in [5.74, 6) is 0.176. The number of phosphoric acid groups is 1. The van der Waals surface area contributed by atoms with Crippen LogP contribution in [-0.2, 0) is 20.4 Å². The standard InChI is InChI=1S/C15H18N5O8PS/c21-10-8(4-27-29(24,25)26)28-14(11(10)22)20-6-17-9-12(20)18-15(19-13(9)23)16-3-7-1-2-30-5-7/h1-2,5-6,8,10-11,14,21-22H,3-4H2,(H2,24,25,26)(H2,16,18,19,23)/t8-,10-,11-,14-/m1/s1. The summed E-state index contributed by atoms with van der Waals surface area (Å²) >= 11 is 1.53. The van der Waals surface area contributed by atoms with Gasteiger partial charge in [0.25, 0.3) is 5.56 Å². The van der Waals surface area contributed by atoms with Crippen LogP contribution in [0.15, 0.2) is 27.9 Å². The van der Waals surface area contributed by atoms with Crippen LogP contribution in [0.4, 0.5) is 5.95 Å². The predicted octanol–water partition coefficient (Wildman–Crippen LogP) is -0.478. The van der Waals surface area contributed by atoms with Crippen molar-refractivity contribution in [2.24, 2.45) is 0 Å². The summed E-state index contributed by atoms with van der Waals surface area (Å²) in [6, 6.07) is 1.92. The maximum absolute atomic E-state index is 12.3. The van der Waals surface area contributed by atoms with Crippen molar-refractivity contribution < 1.29 is 33.8 Å². The molecule has 0 aliphatic carbocycles. The second-order valence-electron chi connectivity index (χ2n) is 6.56. The van der Waals surface area contributed by atoms with Crippen molar-refractivity contribution >= 4 is 36.3 Å². The Morgan fingerprint density at radius 3 is 2.87 bits per heavy atom. The van der Waals surface area contributed by atoms with Crippen molar-refractivity contribution in [1.29, 1.82) is 0 Å². The molecule has 4 heterocycles. The van der Waals surface area contributed by atoms with Crippen LogP contribution in [0.1, 0.15) is 11.8 Å². The minimum absolute atomic E-state index is 0.00343. The lowest BCUT2D eigenvalue weighted by atomic mass is 10.1. The van der Waals surface area contributed by atoms with Crippen molar-refractivity contribution in [3.63, 3.8) is 0 Å². The number of rotatable bonds is 7. The van der Waals surface area contributed by atoms with Gasteiger partial charge in [-0.3, -0.25) is 18.9 Å². The molecule has 0 bridgehead atoms. The Bertz CT molecular complexity index is 1130. The summed E-state index contributed by atoms with van der Waals surface area (Å²) < 4.78 is 22.0. The van der Waals surface area contributed by atoms with Crippen LogP contribution >= 0.6 is 19.2 Å². The quantitative estimate of drug-likeness (QED) is 0.250. The third-order valence-electron chi connectivity index (χ3n) is 4.49. The van der Waals surface area contributed by atoms with Crippen molar-refractivity contribution in [3.05, 3.63) is 39.1 Å². The van der Waals surface area contributed by atoms with Gasteiger partial charge in [-0.25, -0.2) is 9.55 Å². The molecule has 1 fully saturated rings. The van der Waals surface area contributed by atoms with Gasteiger partial charge in [-0.2, -0.15) is 16.3 Å². The van der Waals surface area contributed by atoms with E-state index in [0.29, 0.717) is 6.54 Å². The fraction of sp³-hybridized carbons (Fsp3) is 0.400. The van der Waals surface area contributed by atoms with Gasteiger partial charge in [0.1, 0.15) is 18.3 Å². The minimum atomic E-state index is -4.78. The second-order valence-corrected chi connectivity index (χ2v) is 8.58. The summed E-state index contributed by atoms with van der Waals surface area (Å²) in [4.78, 5) is 40.9. The first-order valence-electron chi connectivity index (χ1n) is 8.66. The zero-order chi connectivity index (χ0) is 21.5. The van der Waals surface area contributed by atoms with Crippen molar-refractivity contribution in [1.82, 2.24) is 19.5 Å². The van der Waals surface area contributed by atoms with Crippen molar-refractivity contribution in [2.75, 3.05) is 11.9 Å². The van der Waals surface area contributed by atoms with Gasteiger partial charge in [0.15, 0.2) is 17.4 Å². The van der Waals surface area contributed by atoms with Crippen molar-refractivity contribution in [2.45, 2.75) is 31.1 Å². The molecular formula is C15H18N5O8PS. The molecule has 6 N–H and O–H groups in total. The first kappa shape index (κ1) is 21.1. The zero-order valence-corrected chi connectivity index (χ0v) is 16.9. The highest BCUT2D eigenvalue weighted by molar-refractivity contribution is 7.46. The summed E-state index contributed by atoms with van der Waals surface area (Å²) in [7, 11) is -4.78. The highest BCUT2D eigenvalue weighted by Gasteiger charge is 2.45. The van der Waals surface area contributed by atoms with Crippen LogP contribution in [0.2, 0.25) is 0 Å². The largest absolute Gasteiger partial charge is 0.469 e. The van der Waals surface area contributed by atoms with Gasteiger partial charge < -0.3 is 30.1 Å². The van der Waals surface area contributed by atoms with Crippen molar-refractivity contribution in [3.8, 4) is 0 Å². The number of aromatic amines is 1. The molecule has 0 amide bonds. The van der Waals surface area contributed by atoms with Crippen LogP contribution in [0.25, 0.3) is 11.2 Å². The maximum Gasteiger partial charge on any atom is 0.469 e. The van der Waals surface area contributed by atoms with Gasteiger partial charge in [0.2, 0.25) is 5.95 Å². The first-order chi connectivity index (χ1) is 14.2. The van der Waals surface area contributed by atoms with E-state index in [1.165, 1.54) is 22.2 Å². The number of H-pyrrole nitrogens is 1. The number of phosphoric ester groups is 1. The lowest BCUT2D eigenvalue weighted by molar-refractivity contribution is -0.0503. The van der Waals surface area contributed by atoms with Crippen LogP contribution in [0.3, 0.4) is 0 Å². The fourth-order valence-corrected chi connectivity index (χ4v) is 4.05. The number of aromatic nitrogens is 4. The Morgan fingerprint density at radius 2 is 2.17 bits per heavy atom. The molecular weight excluding hydrogens is 441 g/mol. The number of imidazole rings is 1. The molecule has 4 rings (SSSR count). The van der Waals surface area contributed by atoms with Crippen LogP contribution < -0.4 is 10.9 Å². The highest BCUT2D eigenvalue weighted by Crippen LogP contribution is 2.38. The maximum atomic E-state index is 12.3. The summed E-state index contributed by atoms with van der Waals surface area (Å²) in [5.41, 5.74) is 0.582. The number of nitrogens with zero attached hydrogens (tertiary/aromatic N) is 3. The Morgan fingerprint density at radius 1 is 1.37 bits per heavy atom. The summed E-state index contributed by atoms with van der Waals surface area (Å²) in [6.07, 6.45) is -4.15. The second kappa shape index (κ2) is 8.17. The molecule has 3 aromatic rings. The Hall–Kier alpha value is -2.16. The molecule has 0 radical (unpaired) electrons. The fourth-order valence-electron chi connectivity index (χ4n) is 3.04. The highest BCUT2D eigenvalue weighted by atomic mass is 32.1. The molecule has 1 aliphatic rings. The van der Waals surface area contributed by atoms with E-state index < -0.39 is 44.5 Å². The molecule has 0 spiro atoms. The molecule has 1 saturated heterocycles. The van der Waals surface area contributed by atoms with E-state index >= 15 is 0 Å². The average molecular weight is 459 g/mol. The molecule has 4 atom stereocenters. The van der Waals surface area contributed by atoms with E-state index in [1.807, 2.05) is 16.8 Å². The van der Waals surface area contributed by atoms with Crippen LogP contribution in [0.5, 0.6) is 0 Å². The van der Waals surface area contributed by atoms with E-state index in [2.05, 4.69) is 24.8 Å². The van der Waals surface area contributed by atoms with E-state index in [-0.39, 0.29) is 17.1 Å². The lowest BCUT2D eigenvalue weighted by Gasteiger charge is -2.16. The lowest BCUT2D eigenvalue weighted by Crippen LogP contribution is -2.33. The van der Waals surface area contributed by atoms with Gasteiger partial charge in [-0.15, -0.1) is 0 Å². The molecule has 0 saturated carbocycles. The molecule has 13 nitrogen and oxygen atoms in total. The van der Waals surface area contributed by atoms with Gasteiger partial charge in [-0.05, 0) is 22.4 Å². The third-order valence-corrected chi connectivity index (χ3v) is 5.71. The Labute approximate surface area is 172 Å². The number of fused-ring (bicyclic) bond motifs is 1. The molecule has 15 heteroatoms. The van der Waals surface area contributed by atoms with Gasteiger partial charge in [0, 0.05) is 6.54 Å². The van der Waals surface area contributed by atoms with E-state index in [0.717, 1.165) is 5.56 Å². The van der Waals surface area contributed by atoms with Crippen LogP contribution in [0, 0.1) is 0 Å². The van der Waals surface area contributed by atoms with Gasteiger partial charge in [0.05, 0.1) is 12.9 Å². The molecule has 1 aliphatic heterocycles. The smallest absolute Gasteiger partial charge is 0.387 e.